The van der Waals surface area contributed by atoms with Gasteiger partial charge in [0.25, 0.3) is 5.56 Å². The second-order valence-electron chi connectivity index (χ2n) is 8.41. The number of furan rings is 1. The molecule has 0 unspecified atom stereocenters. The van der Waals surface area contributed by atoms with E-state index < -0.39 is 5.91 Å². The van der Waals surface area contributed by atoms with Crippen molar-refractivity contribution in [1.29, 1.82) is 0 Å². The summed E-state index contributed by atoms with van der Waals surface area (Å²) in [5.74, 6) is 1.76. The van der Waals surface area contributed by atoms with Gasteiger partial charge in [0.2, 0.25) is 17.6 Å². The zero-order chi connectivity index (χ0) is 28.1. The molecule has 0 aliphatic heterocycles. The predicted molar refractivity (Wildman–Crippen MR) is 149 cm³/mol. The quantitative estimate of drug-likeness (QED) is 0.261. The zero-order valence-corrected chi connectivity index (χ0v) is 21.9. The van der Waals surface area contributed by atoms with Gasteiger partial charge in [-0.2, -0.15) is 9.78 Å². The van der Waals surface area contributed by atoms with E-state index in [4.69, 9.17) is 18.6 Å². The lowest BCUT2D eigenvalue weighted by Crippen LogP contribution is -2.17. The van der Waals surface area contributed by atoms with Gasteiger partial charge in [-0.1, -0.05) is 30.3 Å². The SMILES string of the molecule is COc1cc(/C=C\C(=O)Nc2cc(-c3ccco3)nn2-c2nc(-c3ccccc3)cc(=O)[nH]2)cc(OC)c1OC. The number of hydrogen-bond donors (Lipinski definition) is 2. The third-order valence-corrected chi connectivity index (χ3v) is 5.85. The van der Waals surface area contributed by atoms with Gasteiger partial charge in [-0.3, -0.25) is 14.6 Å². The fourth-order valence-corrected chi connectivity index (χ4v) is 4.02. The van der Waals surface area contributed by atoms with Crippen LogP contribution in [0.5, 0.6) is 17.2 Å². The Hall–Kier alpha value is -5.58. The van der Waals surface area contributed by atoms with Crippen LogP contribution in [0.25, 0.3) is 34.7 Å². The number of carbonyl (C=O) groups is 1. The molecule has 5 rings (SSSR count). The Labute approximate surface area is 228 Å². The van der Waals surface area contributed by atoms with Crippen molar-refractivity contribution in [3.8, 4) is 45.9 Å². The molecule has 0 aliphatic rings. The number of nitrogens with zero attached hydrogens (tertiary/aromatic N) is 3. The topological polar surface area (TPSA) is 134 Å². The highest BCUT2D eigenvalue weighted by molar-refractivity contribution is 6.02. The van der Waals surface area contributed by atoms with Crippen molar-refractivity contribution < 1.29 is 23.4 Å². The molecule has 0 atom stereocenters. The minimum Gasteiger partial charge on any atom is -0.493 e. The van der Waals surface area contributed by atoms with Crippen molar-refractivity contribution in [3.05, 3.63) is 95.0 Å². The molecule has 3 aromatic heterocycles. The fourth-order valence-electron chi connectivity index (χ4n) is 4.02. The molecular weight excluding hydrogens is 514 g/mol. The van der Waals surface area contributed by atoms with Crippen LogP contribution in [0.3, 0.4) is 0 Å². The van der Waals surface area contributed by atoms with Gasteiger partial charge in [0.15, 0.2) is 17.3 Å². The number of amides is 1. The van der Waals surface area contributed by atoms with Gasteiger partial charge in [-0.15, -0.1) is 0 Å². The minimum atomic E-state index is -0.456. The van der Waals surface area contributed by atoms with E-state index in [1.807, 2.05) is 30.3 Å². The van der Waals surface area contributed by atoms with Crippen LogP contribution in [0.4, 0.5) is 5.82 Å². The van der Waals surface area contributed by atoms with Crippen molar-refractivity contribution in [1.82, 2.24) is 19.7 Å². The first kappa shape index (κ1) is 26.0. The van der Waals surface area contributed by atoms with Crippen LogP contribution in [-0.2, 0) is 4.79 Å². The number of anilines is 1. The van der Waals surface area contributed by atoms with Gasteiger partial charge in [0.05, 0.1) is 33.3 Å². The predicted octanol–water partition coefficient (Wildman–Crippen LogP) is 4.56. The van der Waals surface area contributed by atoms with Crippen LogP contribution in [0.1, 0.15) is 5.56 Å². The highest BCUT2D eigenvalue weighted by Gasteiger charge is 2.17. The Morgan fingerprint density at radius 1 is 0.950 bits per heavy atom. The van der Waals surface area contributed by atoms with Gasteiger partial charge >= 0.3 is 0 Å². The molecular formula is C29H25N5O6. The third kappa shape index (κ3) is 5.48. The molecule has 11 heteroatoms. The first-order valence-corrected chi connectivity index (χ1v) is 12.1. The largest absolute Gasteiger partial charge is 0.493 e. The average molecular weight is 540 g/mol. The number of nitrogens with one attached hydrogen (secondary N) is 2. The number of aromatic nitrogens is 4. The maximum Gasteiger partial charge on any atom is 0.252 e. The van der Waals surface area contributed by atoms with Crippen molar-refractivity contribution >= 4 is 17.8 Å². The second kappa shape index (κ2) is 11.4. The highest BCUT2D eigenvalue weighted by Crippen LogP contribution is 2.38. The summed E-state index contributed by atoms with van der Waals surface area (Å²) in [6.45, 7) is 0. The van der Waals surface area contributed by atoms with Crippen molar-refractivity contribution in [3.63, 3.8) is 0 Å². The average Bonchev–Trinajstić information content (AvgIpc) is 3.66. The third-order valence-electron chi connectivity index (χ3n) is 5.85. The number of benzene rings is 2. The Bertz CT molecular complexity index is 1700. The smallest absolute Gasteiger partial charge is 0.252 e. The van der Waals surface area contributed by atoms with Crippen LogP contribution in [0.2, 0.25) is 0 Å². The van der Waals surface area contributed by atoms with Gasteiger partial charge in [-0.25, -0.2) is 4.98 Å². The van der Waals surface area contributed by atoms with Crippen LogP contribution in [0, 0.1) is 0 Å². The monoisotopic (exact) mass is 539 g/mol. The summed E-state index contributed by atoms with van der Waals surface area (Å²) in [6.07, 6.45) is 4.47. The summed E-state index contributed by atoms with van der Waals surface area (Å²) >= 11 is 0. The van der Waals surface area contributed by atoms with E-state index in [1.165, 1.54) is 44.4 Å². The summed E-state index contributed by atoms with van der Waals surface area (Å²) < 4.78 is 22.9. The van der Waals surface area contributed by atoms with E-state index in [-0.39, 0.29) is 17.3 Å². The van der Waals surface area contributed by atoms with Crippen LogP contribution >= 0.6 is 0 Å². The van der Waals surface area contributed by atoms with Gasteiger partial charge < -0.3 is 23.9 Å². The van der Waals surface area contributed by atoms with E-state index in [2.05, 4.69) is 20.4 Å². The summed E-state index contributed by atoms with van der Waals surface area (Å²) in [4.78, 5) is 32.8. The fraction of sp³-hybridized carbons (Fsp3) is 0.103. The van der Waals surface area contributed by atoms with Gasteiger partial charge in [-0.05, 0) is 35.9 Å². The summed E-state index contributed by atoms with van der Waals surface area (Å²) in [5.41, 5.74) is 1.91. The maximum atomic E-state index is 13.0. The maximum absolute atomic E-state index is 13.0. The molecule has 0 radical (unpaired) electrons. The van der Waals surface area contributed by atoms with Crippen LogP contribution in [-0.4, -0.2) is 47.0 Å². The molecule has 11 nitrogen and oxygen atoms in total. The molecule has 0 saturated heterocycles. The molecule has 0 fully saturated rings. The van der Waals surface area contributed by atoms with Crippen molar-refractivity contribution in [2.24, 2.45) is 0 Å². The molecule has 5 aromatic rings. The zero-order valence-electron chi connectivity index (χ0n) is 21.9. The van der Waals surface area contributed by atoms with Gasteiger partial charge in [0.1, 0.15) is 11.5 Å². The number of hydrogen-bond acceptors (Lipinski definition) is 8. The number of rotatable bonds is 9. The molecule has 202 valence electrons. The molecule has 0 saturated carbocycles. The molecule has 40 heavy (non-hydrogen) atoms. The number of H-pyrrole nitrogens is 1. The van der Waals surface area contributed by atoms with Crippen molar-refractivity contribution in [2.75, 3.05) is 26.6 Å². The number of methoxy groups -OCH3 is 3. The number of aromatic amines is 1. The van der Waals surface area contributed by atoms with E-state index in [1.54, 1.807) is 36.4 Å². The van der Waals surface area contributed by atoms with Gasteiger partial charge in [0, 0.05) is 23.8 Å². The standard InChI is InChI=1S/C29H25N5O6/c1-37-23-14-18(15-24(38-2)28(23)39-3)11-12-26(35)31-25-16-21(22-10-7-13-40-22)33-34(25)29-30-20(17-27(36)32-29)19-8-5-4-6-9-19/h4-17H,1-3H3,(H,31,35)(H,30,32,36)/b12-11-. The van der Waals surface area contributed by atoms with E-state index >= 15 is 0 Å². The summed E-state index contributed by atoms with van der Waals surface area (Å²) in [5, 5.41) is 7.34. The normalized spacial score (nSPS) is 11.0. The Morgan fingerprint density at radius 3 is 2.35 bits per heavy atom. The summed E-state index contributed by atoms with van der Waals surface area (Å²) in [7, 11) is 4.54. The Kier molecular flexibility index (Phi) is 7.45. The summed E-state index contributed by atoms with van der Waals surface area (Å²) in [6, 6.07) is 19.2. The lowest BCUT2D eigenvalue weighted by Gasteiger charge is -2.12. The molecule has 2 aromatic carbocycles. The molecule has 0 spiro atoms. The molecule has 2 N–H and O–H groups in total. The lowest BCUT2D eigenvalue weighted by molar-refractivity contribution is -0.111. The van der Waals surface area contributed by atoms with Crippen LogP contribution in [0.15, 0.2) is 88.3 Å². The van der Waals surface area contributed by atoms with Crippen molar-refractivity contribution in [2.45, 2.75) is 0 Å². The highest BCUT2D eigenvalue weighted by atomic mass is 16.5. The molecule has 3 heterocycles. The minimum absolute atomic E-state index is 0.119. The second-order valence-corrected chi connectivity index (χ2v) is 8.41. The molecule has 0 aliphatic carbocycles. The number of carbonyl (C=O) groups excluding carboxylic acids is 1. The van der Waals surface area contributed by atoms with E-state index in [9.17, 15) is 9.59 Å². The van der Waals surface area contributed by atoms with E-state index in [0.29, 0.717) is 40.0 Å². The lowest BCUT2D eigenvalue weighted by atomic mass is 10.1. The first-order chi connectivity index (χ1) is 19.5. The Balaban J connectivity index is 1.49. The molecule has 1 amide bonds. The number of ether oxygens (including phenoxy) is 3. The molecule has 0 bridgehead atoms. The first-order valence-electron chi connectivity index (χ1n) is 12.1. The Morgan fingerprint density at radius 2 is 1.70 bits per heavy atom. The van der Waals surface area contributed by atoms with Crippen LogP contribution < -0.4 is 25.1 Å². The van der Waals surface area contributed by atoms with E-state index in [0.717, 1.165) is 5.56 Å².